The Balaban J connectivity index is 2.13. The Kier molecular flexibility index (Phi) is 5.03. The van der Waals surface area contributed by atoms with E-state index >= 15 is 0 Å². The summed E-state index contributed by atoms with van der Waals surface area (Å²) in [7, 11) is 0. The van der Waals surface area contributed by atoms with Crippen molar-refractivity contribution in [3.05, 3.63) is 59.6 Å². The Morgan fingerprint density at radius 3 is 3.08 bits per heavy atom. The lowest BCUT2D eigenvalue weighted by Crippen LogP contribution is -2.45. The number of fused-ring (bicyclic) bond motifs is 1. The van der Waals surface area contributed by atoms with Crippen LogP contribution in [-0.4, -0.2) is 34.3 Å². The third-order valence-corrected chi connectivity index (χ3v) is 4.88. The zero-order valence-corrected chi connectivity index (χ0v) is 14.5. The van der Waals surface area contributed by atoms with Gasteiger partial charge in [0, 0.05) is 12.2 Å². The third-order valence-electron chi connectivity index (χ3n) is 3.92. The van der Waals surface area contributed by atoms with Crippen molar-refractivity contribution in [1.82, 2.24) is 4.90 Å². The van der Waals surface area contributed by atoms with Gasteiger partial charge in [0.2, 0.25) is 5.91 Å². The minimum atomic E-state index is -0.749. The largest absolute Gasteiger partial charge is 0.458 e. The molecule has 2 heterocycles. The first-order valence-electron chi connectivity index (χ1n) is 7.80. The number of halogens is 1. The van der Waals surface area contributed by atoms with E-state index in [0.29, 0.717) is 28.6 Å². The molecule has 7 heteroatoms. The number of benzene rings is 1. The first-order valence-corrected chi connectivity index (χ1v) is 8.79. The predicted molar refractivity (Wildman–Crippen MR) is 94.4 cm³/mol. The Hall–Kier alpha value is -2.41. The van der Waals surface area contributed by atoms with Crippen LogP contribution in [0.2, 0.25) is 0 Å². The molecule has 0 radical (unpaired) electrons. The predicted octanol–water partition coefficient (Wildman–Crippen LogP) is 3.21. The highest BCUT2D eigenvalue weighted by atomic mass is 32.2. The van der Waals surface area contributed by atoms with Gasteiger partial charge in [-0.25, -0.2) is 14.2 Å². The summed E-state index contributed by atoms with van der Waals surface area (Å²) in [4.78, 5) is 31.0. The average molecular weight is 360 g/mol. The van der Waals surface area contributed by atoms with Crippen LogP contribution in [-0.2, 0) is 14.3 Å². The van der Waals surface area contributed by atoms with E-state index in [4.69, 9.17) is 4.74 Å². The summed E-state index contributed by atoms with van der Waals surface area (Å²) >= 11 is 1.45. The molecule has 1 atom stereocenters. The molecule has 0 spiro atoms. The van der Waals surface area contributed by atoms with Crippen LogP contribution < -0.4 is 0 Å². The number of thioether (sulfide) groups is 1. The quantitative estimate of drug-likeness (QED) is 0.611. The number of esters is 1. The van der Waals surface area contributed by atoms with Crippen LogP contribution in [0.15, 0.2) is 53.2 Å². The van der Waals surface area contributed by atoms with E-state index in [1.165, 1.54) is 34.9 Å². The van der Waals surface area contributed by atoms with Gasteiger partial charge in [-0.05, 0) is 24.6 Å². The van der Waals surface area contributed by atoms with E-state index in [1.807, 2.05) is 0 Å². The normalized spacial score (nSPS) is 20.1. The van der Waals surface area contributed by atoms with Crippen molar-refractivity contribution in [2.24, 2.45) is 4.99 Å². The van der Waals surface area contributed by atoms with E-state index < -0.39 is 17.8 Å². The molecule has 1 fully saturated rings. The Bertz CT molecular complexity index is 803. The van der Waals surface area contributed by atoms with Gasteiger partial charge in [0.1, 0.15) is 12.4 Å². The van der Waals surface area contributed by atoms with Crippen LogP contribution in [0, 0.1) is 5.82 Å². The molecule has 3 rings (SSSR count). The zero-order chi connectivity index (χ0) is 18.0. The number of ether oxygens (including phenoxy) is 1. The first-order chi connectivity index (χ1) is 12.0. The molecule has 0 aliphatic carbocycles. The van der Waals surface area contributed by atoms with Crippen molar-refractivity contribution < 1.29 is 18.7 Å². The van der Waals surface area contributed by atoms with Crippen LogP contribution >= 0.6 is 11.8 Å². The summed E-state index contributed by atoms with van der Waals surface area (Å²) in [6.07, 6.45) is 1.80. The number of nitrogens with zero attached hydrogens (tertiary/aromatic N) is 2. The molecule has 0 unspecified atom stereocenters. The molecule has 1 saturated heterocycles. The molecule has 0 bridgehead atoms. The van der Waals surface area contributed by atoms with Crippen LogP contribution in [0.3, 0.4) is 0 Å². The second-order valence-corrected chi connectivity index (χ2v) is 6.66. The lowest BCUT2D eigenvalue weighted by molar-refractivity contribution is -0.139. The van der Waals surface area contributed by atoms with Crippen LogP contribution in [0.5, 0.6) is 0 Å². The molecule has 130 valence electrons. The SMILES string of the molecule is C=CCOC(=O)C1=C(C)N=C2SCCC(=O)N2[C@@H]1c1cccc(F)c1. The van der Waals surface area contributed by atoms with Crippen LogP contribution in [0.1, 0.15) is 24.9 Å². The maximum Gasteiger partial charge on any atom is 0.338 e. The number of carbonyl (C=O) groups excluding carboxylic acids is 2. The molecule has 25 heavy (non-hydrogen) atoms. The minimum Gasteiger partial charge on any atom is -0.458 e. The van der Waals surface area contributed by atoms with Gasteiger partial charge < -0.3 is 4.74 Å². The second-order valence-electron chi connectivity index (χ2n) is 5.60. The number of hydrogen-bond donors (Lipinski definition) is 0. The molecule has 0 saturated carbocycles. The Morgan fingerprint density at radius 1 is 1.56 bits per heavy atom. The standard InChI is InChI=1S/C18H17FN2O3S/c1-3-8-24-17(23)15-11(2)20-18-21(14(22)7-9-25-18)16(15)12-5-4-6-13(19)10-12/h3-6,10,16H,1,7-9H2,2H3/t16-/m1/s1. The molecule has 2 aliphatic heterocycles. The summed E-state index contributed by atoms with van der Waals surface area (Å²) in [5.41, 5.74) is 1.22. The maximum atomic E-state index is 13.8. The van der Waals surface area contributed by atoms with E-state index in [2.05, 4.69) is 11.6 Å². The highest BCUT2D eigenvalue weighted by molar-refractivity contribution is 8.14. The minimum absolute atomic E-state index is 0.0464. The summed E-state index contributed by atoms with van der Waals surface area (Å²) in [6, 6.07) is 5.15. The fourth-order valence-electron chi connectivity index (χ4n) is 2.86. The molecule has 2 aliphatic rings. The number of carbonyl (C=O) groups is 2. The van der Waals surface area contributed by atoms with Crippen molar-refractivity contribution in [3.8, 4) is 0 Å². The Morgan fingerprint density at radius 2 is 2.36 bits per heavy atom. The topological polar surface area (TPSA) is 59.0 Å². The van der Waals surface area contributed by atoms with Crippen molar-refractivity contribution in [2.45, 2.75) is 19.4 Å². The summed E-state index contributed by atoms with van der Waals surface area (Å²) in [5, 5.41) is 0.531. The second kappa shape index (κ2) is 7.23. The maximum absolute atomic E-state index is 13.8. The van der Waals surface area contributed by atoms with E-state index in [-0.39, 0.29) is 18.1 Å². The van der Waals surface area contributed by atoms with Crippen LogP contribution in [0.25, 0.3) is 0 Å². The van der Waals surface area contributed by atoms with Gasteiger partial charge in [0.15, 0.2) is 5.17 Å². The molecule has 0 aromatic heterocycles. The van der Waals surface area contributed by atoms with E-state index in [0.717, 1.165) is 0 Å². The summed E-state index contributed by atoms with van der Waals surface area (Å²) < 4.78 is 19.0. The molecule has 1 amide bonds. The lowest BCUT2D eigenvalue weighted by Gasteiger charge is -2.38. The lowest BCUT2D eigenvalue weighted by atomic mass is 9.94. The fraction of sp³-hybridized carbons (Fsp3) is 0.278. The number of allylic oxidation sites excluding steroid dienone is 1. The summed E-state index contributed by atoms with van der Waals surface area (Å²) in [6.45, 7) is 5.27. The number of amidine groups is 1. The molecule has 1 aromatic carbocycles. The van der Waals surface area contributed by atoms with Gasteiger partial charge in [-0.1, -0.05) is 36.5 Å². The van der Waals surface area contributed by atoms with Crippen molar-refractivity contribution in [2.75, 3.05) is 12.4 Å². The molecule has 1 aromatic rings. The Labute approximate surface area is 149 Å². The van der Waals surface area contributed by atoms with Gasteiger partial charge >= 0.3 is 5.97 Å². The van der Waals surface area contributed by atoms with Gasteiger partial charge in [-0.2, -0.15) is 0 Å². The van der Waals surface area contributed by atoms with Gasteiger partial charge in [0.25, 0.3) is 0 Å². The molecular weight excluding hydrogens is 343 g/mol. The smallest absolute Gasteiger partial charge is 0.338 e. The molecular formula is C18H17FN2O3S. The van der Waals surface area contributed by atoms with Gasteiger partial charge in [-0.3, -0.25) is 9.69 Å². The van der Waals surface area contributed by atoms with Crippen molar-refractivity contribution in [3.63, 3.8) is 0 Å². The third kappa shape index (κ3) is 3.37. The van der Waals surface area contributed by atoms with Gasteiger partial charge in [0.05, 0.1) is 17.3 Å². The number of amides is 1. The first kappa shape index (κ1) is 17.4. The monoisotopic (exact) mass is 360 g/mol. The van der Waals surface area contributed by atoms with Crippen molar-refractivity contribution in [1.29, 1.82) is 0 Å². The van der Waals surface area contributed by atoms with Crippen molar-refractivity contribution >= 4 is 28.8 Å². The number of aliphatic imine (C=N–C) groups is 1. The van der Waals surface area contributed by atoms with E-state index in [9.17, 15) is 14.0 Å². The average Bonchev–Trinajstić information content (AvgIpc) is 2.58. The number of hydrogen-bond acceptors (Lipinski definition) is 5. The highest BCUT2D eigenvalue weighted by Gasteiger charge is 2.41. The molecule has 5 nitrogen and oxygen atoms in total. The van der Waals surface area contributed by atoms with Gasteiger partial charge in [-0.15, -0.1) is 0 Å². The highest BCUT2D eigenvalue weighted by Crippen LogP contribution is 2.40. The van der Waals surface area contributed by atoms with Crippen LogP contribution in [0.4, 0.5) is 4.39 Å². The zero-order valence-electron chi connectivity index (χ0n) is 13.7. The summed E-state index contributed by atoms with van der Waals surface area (Å²) in [5.74, 6) is -0.533. The van der Waals surface area contributed by atoms with E-state index in [1.54, 1.807) is 19.1 Å². The number of rotatable bonds is 4. The fourth-order valence-corrected chi connectivity index (χ4v) is 3.87. The molecule has 0 N–H and O–H groups in total.